The third-order valence-electron chi connectivity index (χ3n) is 14.6. The van der Waals surface area contributed by atoms with Crippen LogP contribution in [0.25, 0.3) is 139 Å². The Morgan fingerprint density at radius 3 is 1.32 bits per heavy atom. The van der Waals surface area contributed by atoms with Crippen molar-refractivity contribution in [1.82, 2.24) is 13.7 Å². The summed E-state index contributed by atoms with van der Waals surface area (Å²) in [5.41, 5.74) is 18.1. The number of aromatic nitrogens is 3. The van der Waals surface area contributed by atoms with Gasteiger partial charge in [-0.15, -0.1) is 0 Å². The summed E-state index contributed by atoms with van der Waals surface area (Å²) in [5.74, 6) is 0. The van der Waals surface area contributed by atoms with Crippen molar-refractivity contribution < 1.29 is 4.42 Å². The van der Waals surface area contributed by atoms with E-state index in [0.29, 0.717) is 0 Å². The summed E-state index contributed by atoms with van der Waals surface area (Å²) in [6.45, 7) is 8.28. The van der Waals surface area contributed by atoms with Crippen LogP contribution in [0, 0.1) is 0 Å². The van der Waals surface area contributed by atoms with Crippen LogP contribution in [0.5, 0.6) is 0 Å². The van der Waals surface area contributed by atoms with Gasteiger partial charge in [-0.05, 0) is 139 Å². The maximum absolute atomic E-state index is 6.48. The van der Waals surface area contributed by atoms with Gasteiger partial charge in [-0.25, -0.2) is 0 Å². The van der Waals surface area contributed by atoms with Crippen LogP contribution >= 0.6 is 0 Å². The Morgan fingerprint density at radius 1 is 0.319 bits per heavy atom. The van der Waals surface area contributed by atoms with Crippen LogP contribution in [0.2, 0.25) is 0 Å². The summed E-state index contributed by atoms with van der Waals surface area (Å²) in [4.78, 5) is 0. The predicted octanol–water partition coefficient (Wildman–Crippen LogP) is 17.4. The standard InChI is InChI=1S/C66H45N3O.C2H6/c1-3-50-55-38-43(28-34-61(55)67(59(50)4-2)47-16-7-5-8-17-47)45-30-36-63-57(40-45)58-41-46(44-29-35-62-56(39-44)52-20-11-13-24-60(52)68(62)48-18-9-6-10-19-48)31-37-64(58)69(63)49-32-26-42(27-33-49)51-22-15-23-54-53-21-12-14-25-65(53)70-66(51)54;1-2/h3-41H,1-2H3;1-2H3/b50-3-,59-4+;. The van der Waals surface area contributed by atoms with Crippen LogP contribution in [-0.2, 0) is 0 Å². The molecule has 0 fully saturated rings. The number of para-hydroxylation sites is 5. The molecule has 4 nitrogen and oxygen atoms in total. The number of furan rings is 1. The Morgan fingerprint density at radius 2 is 0.750 bits per heavy atom. The fourth-order valence-corrected chi connectivity index (χ4v) is 11.4. The summed E-state index contributed by atoms with van der Waals surface area (Å²) in [6, 6.07) is 81.8. The van der Waals surface area contributed by atoms with Crippen molar-refractivity contribution in [3.63, 3.8) is 0 Å². The van der Waals surface area contributed by atoms with Crippen LogP contribution in [0.4, 0.5) is 0 Å². The molecule has 4 heteroatoms. The molecule has 0 amide bonds. The molecule has 4 heterocycles. The van der Waals surface area contributed by atoms with E-state index in [1.807, 2.05) is 26.0 Å². The van der Waals surface area contributed by atoms with E-state index in [2.05, 4.69) is 252 Å². The van der Waals surface area contributed by atoms with Crippen molar-refractivity contribution in [2.24, 2.45) is 0 Å². The van der Waals surface area contributed by atoms with Crippen molar-refractivity contribution in [1.29, 1.82) is 0 Å². The Hall–Kier alpha value is -9.12. The monoisotopic (exact) mass is 925 g/mol. The van der Waals surface area contributed by atoms with Crippen molar-refractivity contribution >= 4 is 88.6 Å². The Kier molecular flexibility index (Phi) is 10.4. The minimum absolute atomic E-state index is 0.906. The van der Waals surface area contributed by atoms with Crippen molar-refractivity contribution in [3.05, 3.63) is 235 Å². The lowest BCUT2D eigenvalue weighted by Crippen LogP contribution is -2.27. The van der Waals surface area contributed by atoms with E-state index in [0.717, 1.165) is 61.2 Å². The molecule has 0 radical (unpaired) electrons. The summed E-state index contributed by atoms with van der Waals surface area (Å²) in [7, 11) is 0. The van der Waals surface area contributed by atoms with Gasteiger partial charge in [0.25, 0.3) is 0 Å². The zero-order valence-electron chi connectivity index (χ0n) is 40.8. The third-order valence-corrected chi connectivity index (χ3v) is 14.6. The van der Waals surface area contributed by atoms with Gasteiger partial charge in [0.15, 0.2) is 0 Å². The fraction of sp³-hybridized carbons (Fsp3) is 0.0588. The summed E-state index contributed by atoms with van der Waals surface area (Å²) in [5, 5.41) is 10.9. The number of nitrogens with zero attached hydrogens (tertiary/aromatic N) is 3. The molecule has 0 aliphatic heterocycles. The number of fused-ring (bicyclic) bond motifs is 10. The highest BCUT2D eigenvalue weighted by Crippen LogP contribution is 2.41. The molecule has 344 valence electrons. The molecule has 0 atom stereocenters. The lowest BCUT2D eigenvalue weighted by atomic mass is 9.98. The van der Waals surface area contributed by atoms with Gasteiger partial charge in [-0.3, -0.25) is 0 Å². The van der Waals surface area contributed by atoms with Gasteiger partial charge in [0, 0.05) is 70.9 Å². The first-order valence-electron chi connectivity index (χ1n) is 25.1. The first kappa shape index (κ1) is 42.9. The fourth-order valence-electron chi connectivity index (χ4n) is 11.4. The molecule has 0 N–H and O–H groups in total. The molecular formula is C68H51N3O. The maximum Gasteiger partial charge on any atom is 0.143 e. The van der Waals surface area contributed by atoms with Crippen LogP contribution in [0.3, 0.4) is 0 Å². The van der Waals surface area contributed by atoms with E-state index in [1.54, 1.807) is 0 Å². The van der Waals surface area contributed by atoms with Gasteiger partial charge >= 0.3 is 0 Å². The molecule has 14 rings (SSSR count). The lowest BCUT2D eigenvalue weighted by Gasteiger charge is -2.11. The van der Waals surface area contributed by atoms with Gasteiger partial charge < -0.3 is 18.1 Å². The molecule has 14 aromatic rings. The lowest BCUT2D eigenvalue weighted by molar-refractivity contribution is 0.670. The largest absolute Gasteiger partial charge is 0.455 e. The molecule has 0 spiro atoms. The average molecular weight is 926 g/mol. The van der Waals surface area contributed by atoms with E-state index >= 15 is 0 Å². The zero-order valence-corrected chi connectivity index (χ0v) is 40.8. The second-order valence-electron chi connectivity index (χ2n) is 18.3. The number of hydrogen-bond donors (Lipinski definition) is 0. The minimum atomic E-state index is 0.906. The molecule has 0 saturated heterocycles. The molecule has 0 unspecified atom stereocenters. The molecule has 4 aromatic heterocycles. The van der Waals surface area contributed by atoms with Crippen LogP contribution in [-0.4, -0.2) is 13.7 Å². The SMILES string of the molecule is C/C=c1\c(=C/C)n(-c2ccccc2)c2ccc(-c3ccc4c(c3)c3cc(-c5ccc6c(c5)c5ccccc5n6-c5ccccc5)ccc3n4-c3ccc(-c4cccc5c4oc4ccccc45)cc3)cc12.CC. The normalized spacial score (nSPS) is 12.3. The number of hydrogen-bond acceptors (Lipinski definition) is 1. The first-order chi connectivity index (χ1) is 35.6. The quantitative estimate of drug-likeness (QED) is 0.163. The Balaban J connectivity index is 0.00000249. The van der Waals surface area contributed by atoms with E-state index in [4.69, 9.17) is 4.42 Å². The number of benzene rings is 10. The van der Waals surface area contributed by atoms with Crippen LogP contribution < -0.4 is 10.6 Å². The second kappa shape index (κ2) is 17.4. The van der Waals surface area contributed by atoms with E-state index in [1.165, 1.54) is 76.3 Å². The first-order valence-corrected chi connectivity index (χ1v) is 25.1. The van der Waals surface area contributed by atoms with Crippen molar-refractivity contribution in [2.75, 3.05) is 0 Å². The minimum Gasteiger partial charge on any atom is -0.455 e. The van der Waals surface area contributed by atoms with Crippen molar-refractivity contribution in [3.8, 4) is 50.4 Å². The van der Waals surface area contributed by atoms with Gasteiger partial charge in [0.05, 0.1) is 27.6 Å². The summed E-state index contributed by atoms with van der Waals surface area (Å²) in [6.07, 6.45) is 4.48. The highest BCUT2D eigenvalue weighted by Gasteiger charge is 2.19. The second-order valence-corrected chi connectivity index (χ2v) is 18.3. The van der Waals surface area contributed by atoms with E-state index in [-0.39, 0.29) is 0 Å². The summed E-state index contributed by atoms with van der Waals surface area (Å²) < 4.78 is 13.7. The predicted molar refractivity (Wildman–Crippen MR) is 306 cm³/mol. The molecule has 0 bridgehead atoms. The average Bonchev–Trinajstić information content (AvgIpc) is 4.19. The van der Waals surface area contributed by atoms with Crippen LogP contribution in [0.15, 0.2) is 229 Å². The zero-order chi connectivity index (χ0) is 48.5. The molecule has 0 aliphatic carbocycles. The third kappa shape index (κ3) is 6.67. The molecule has 72 heavy (non-hydrogen) atoms. The van der Waals surface area contributed by atoms with Gasteiger partial charge in [0.1, 0.15) is 11.2 Å². The van der Waals surface area contributed by atoms with Gasteiger partial charge in [-0.1, -0.05) is 153 Å². The van der Waals surface area contributed by atoms with Gasteiger partial charge in [0.2, 0.25) is 0 Å². The van der Waals surface area contributed by atoms with Gasteiger partial charge in [-0.2, -0.15) is 0 Å². The number of rotatable bonds is 6. The highest BCUT2D eigenvalue weighted by atomic mass is 16.3. The smallest absolute Gasteiger partial charge is 0.143 e. The topological polar surface area (TPSA) is 27.9 Å². The van der Waals surface area contributed by atoms with Crippen LogP contribution in [0.1, 0.15) is 27.7 Å². The Bertz CT molecular complexity index is 4530. The Labute approximate surface area is 417 Å². The van der Waals surface area contributed by atoms with Crippen molar-refractivity contribution in [2.45, 2.75) is 27.7 Å². The van der Waals surface area contributed by atoms with E-state index < -0.39 is 0 Å². The molecule has 0 aliphatic rings. The highest BCUT2D eigenvalue weighted by molar-refractivity contribution is 6.14. The van der Waals surface area contributed by atoms with E-state index in [9.17, 15) is 0 Å². The maximum atomic E-state index is 6.48. The molecular weight excluding hydrogens is 875 g/mol. The summed E-state index contributed by atoms with van der Waals surface area (Å²) >= 11 is 0. The molecule has 0 saturated carbocycles. The molecule has 10 aromatic carbocycles.